The summed E-state index contributed by atoms with van der Waals surface area (Å²) in [6.07, 6.45) is 1.06. The normalized spacial score (nSPS) is 11.1. The molecule has 146 valence electrons. The van der Waals surface area contributed by atoms with Crippen molar-refractivity contribution in [3.8, 4) is 5.75 Å². The highest BCUT2D eigenvalue weighted by Gasteiger charge is 2.21. The van der Waals surface area contributed by atoms with Gasteiger partial charge >= 0.3 is 0 Å². The fourth-order valence-electron chi connectivity index (χ4n) is 2.36. The largest absolute Gasteiger partial charge is 0.492 e. The Hall–Kier alpha value is -2.61. The molecular formula is C19H23FN2O4S. The Morgan fingerprint density at radius 2 is 1.78 bits per heavy atom. The van der Waals surface area contributed by atoms with E-state index in [4.69, 9.17) is 4.74 Å². The number of aryl methyl sites for hydroxylation is 2. The van der Waals surface area contributed by atoms with E-state index < -0.39 is 15.9 Å². The highest BCUT2D eigenvalue weighted by atomic mass is 32.2. The second kappa shape index (κ2) is 8.85. The zero-order chi connectivity index (χ0) is 20.0. The third-order valence-electron chi connectivity index (χ3n) is 3.97. The smallest absolute Gasteiger partial charge is 0.240 e. The van der Waals surface area contributed by atoms with E-state index in [1.165, 1.54) is 24.3 Å². The predicted octanol–water partition coefficient (Wildman–Crippen LogP) is 2.40. The van der Waals surface area contributed by atoms with Crippen molar-refractivity contribution in [2.75, 3.05) is 30.3 Å². The lowest BCUT2D eigenvalue weighted by atomic mass is 10.1. The molecule has 0 spiro atoms. The number of benzene rings is 2. The van der Waals surface area contributed by atoms with Crippen LogP contribution in [0.15, 0.2) is 42.5 Å². The van der Waals surface area contributed by atoms with Gasteiger partial charge < -0.3 is 10.1 Å². The van der Waals surface area contributed by atoms with Crippen LogP contribution in [0.3, 0.4) is 0 Å². The van der Waals surface area contributed by atoms with Gasteiger partial charge in [-0.3, -0.25) is 9.10 Å². The van der Waals surface area contributed by atoms with Gasteiger partial charge in [0.2, 0.25) is 15.9 Å². The van der Waals surface area contributed by atoms with Crippen LogP contribution in [0.5, 0.6) is 5.75 Å². The predicted molar refractivity (Wildman–Crippen MR) is 103 cm³/mol. The van der Waals surface area contributed by atoms with Crippen molar-refractivity contribution >= 4 is 21.6 Å². The Balaban J connectivity index is 1.92. The quantitative estimate of drug-likeness (QED) is 0.698. The zero-order valence-electron chi connectivity index (χ0n) is 15.5. The van der Waals surface area contributed by atoms with E-state index in [2.05, 4.69) is 5.32 Å². The molecule has 27 heavy (non-hydrogen) atoms. The summed E-state index contributed by atoms with van der Waals surface area (Å²) in [5, 5.41) is 2.62. The average molecular weight is 394 g/mol. The van der Waals surface area contributed by atoms with Crippen LogP contribution < -0.4 is 14.4 Å². The average Bonchev–Trinajstić information content (AvgIpc) is 2.60. The molecule has 0 saturated carbocycles. The van der Waals surface area contributed by atoms with Crippen molar-refractivity contribution in [2.24, 2.45) is 0 Å². The first kappa shape index (κ1) is 20.7. The summed E-state index contributed by atoms with van der Waals surface area (Å²) in [5.41, 5.74) is 2.42. The molecule has 2 aromatic rings. The lowest BCUT2D eigenvalue weighted by Crippen LogP contribution is -2.41. The van der Waals surface area contributed by atoms with Gasteiger partial charge in [0.05, 0.1) is 18.5 Å². The first-order chi connectivity index (χ1) is 12.7. The Morgan fingerprint density at radius 3 is 2.37 bits per heavy atom. The lowest BCUT2D eigenvalue weighted by Gasteiger charge is -2.22. The van der Waals surface area contributed by atoms with Crippen molar-refractivity contribution in [3.63, 3.8) is 0 Å². The van der Waals surface area contributed by atoms with Gasteiger partial charge in [-0.15, -0.1) is 0 Å². The molecule has 2 rings (SSSR count). The van der Waals surface area contributed by atoms with E-state index in [9.17, 15) is 17.6 Å². The van der Waals surface area contributed by atoms with Crippen LogP contribution in [0.1, 0.15) is 11.1 Å². The van der Waals surface area contributed by atoms with Crippen molar-refractivity contribution < 1.29 is 22.3 Å². The summed E-state index contributed by atoms with van der Waals surface area (Å²) in [7, 11) is -3.61. The van der Waals surface area contributed by atoms with Crippen molar-refractivity contribution in [2.45, 2.75) is 13.8 Å². The van der Waals surface area contributed by atoms with Gasteiger partial charge in [-0.2, -0.15) is 0 Å². The van der Waals surface area contributed by atoms with Gasteiger partial charge in [0, 0.05) is 0 Å². The minimum absolute atomic E-state index is 0.180. The first-order valence-electron chi connectivity index (χ1n) is 8.37. The lowest BCUT2D eigenvalue weighted by molar-refractivity contribution is -0.119. The number of hydrogen-bond donors (Lipinski definition) is 1. The van der Waals surface area contributed by atoms with Crippen molar-refractivity contribution in [1.82, 2.24) is 5.32 Å². The number of sulfonamides is 1. The van der Waals surface area contributed by atoms with Gasteiger partial charge in [0.15, 0.2) is 0 Å². The second-order valence-electron chi connectivity index (χ2n) is 6.19. The number of ether oxygens (including phenoxy) is 1. The zero-order valence-corrected chi connectivity index (χ0v) is 16.3. The molecule has 6 nitrogen and oxygen atoms in total. The summed E-state index contributed by atoms with van der Waals surface area (Å²) in [4.78, 5) is 12.2. The van der Waals surface area contributed by atoms with Crippen molar-refractivity contribution in [3.05, 3.63) is 59.4 Å². The van der Waals surface area contributed by atoms with Crippen molar-refractivity contribution in [1.29, 1.82) is 0 Å². The molecule has 0 aliphatic heterocycles. The number of halogens is 1. The third kappa shape index (κ3) is 6.25. The van der Waals surface area contributed by atoms with E-state index in [1.54, 1.807) is 12.1 Å². The highest BCUT2D eigenvalue weighted by Crippen LogP contribution is 2.21. The second-order valence-corrected chi connectivity index (χ2v) is 8.10. The van der Waals surface area contributed by atoms with Crippen LogP contribution >= 0.6 is 0 Å². The Labute approximate surface area is 159 Å². The molecule has 1 amide bonds. The van der Waals surface area contributed by atoms with E-state index in [0.29, 0.717) is 11.4 Å². The van der Waals surface area contributed by atoms with Gasteiger partial charge in [0.25, 0.3) is 0 Å². The van der Waals surface area contributed by atoms with E-state index >= 15 is 0 Å². The molecule has 2 aromatic carbocycles. The maximum atomic E-state index is 12.8. The molecule has 0 heterocycles. The summed E-state index contributed by atoms with van der Waals surface area (Å²) in [6.45, 7) is 3.86. The SMILES string of the molecule is Cc1ccc(N(CC(=O)NCCOc2ccc(F)cc2)S(C)(=O)=O)cc1C. The monoisotopic (exact) mass is 394 g/mol. The summed E-state index contributed by atoms with van der Waals surface area (Å²) in [6, 6.07) is 10.8. The number of rotatable bonds is 8. The Kier molecular flexibility index (Phi) is 6.79. The third-order valence-corrected chi connectivity index (χ3v) is 5.11. The summed E-state index contributed by atoms with van der Waals surface area (Å²) >= 11 is 0. The number of amides is 1. The van der Waals surface area contributed by atoms with Crippen LogP contribution in [0.25, 0.3) is 0 Å². The molecule has 0 aromatic heterocycles. The molecule has 0 atom stereocenters. The molecule has 0 unspecified atom stereocenters. The molecular weight excluding hydrogens is 371 g/mol. The molecule has 1 N–H and O–H groups in total. The van der Waals surface area contributed by atoms with E-state index in [0.717, 1.165) is 21.7 Å². The first-order valence-corrected chi connectivity index (χ1v) is 10.2. The van der Waals surface area contributed by atoms with Crippen LogP contribution in [0.4, 0.5) is 10.1 Å². The molecule has 8 heteroatoms. The highest BCUT2D eigenvalue weighted by molar-refractivity contribution is 7.92. The van der Waals surface area contributed by atoms with Crippen LogP contribution in [-0.4, -0.2) is 40.3 Å². The number of nitrogens with zero attached hydrogens (tertiary/aromatic N) is 1. The fraction of sp³-hybridized carbons (Fsp3) is 0.316. The number of hydrogen-bond acceptors (Lipinski definition) is 4. The maximum absolute atomic E-state index is 12.8. The topological polar surface area (TPSA) is 75.7 Å². The number of nitrogens with one attached hydrogen (secondary N) is 1. The molecule has 0 fully saturated rings. The minimum Gasteiger partial charge on any atom is -0.492 e. The Morgan fingerprint density at radius 1 is 1.11 bits per heavy atom. The number of carbonyl (C=O) groups is 1. The molecule has 0 bridgehead atoms. The van der Waals surface area contributed by atoms with Crippen LogP contribution in [0, 0.1) is 19.7 Å². The van der Waals surface area contributed by atoms with Crippen LogP contribution in [0.2, 0.25) is 0 Å². The molecule has 0 aliphatic rings. The minimum atomic E-state index is -3.61. The van der Waals surface area contributed by atoms with Gasteiger partial charge in [0.1, 0.15) is 24.7 Å². The van der Waals surface area contributed by atoms with Gasteiger partial charge in [-0.05, 0) is 61.4 Å². The Bertz CT molecular complexity index is 898. The number of anilines is 1. The van der Waals surface area contributed by atoms with Gasteiger partial charge in [-0.25, -0.2) is 12.8 Å². The summed E-state index contributed by atoms with van der Waals surface area (Å²) in [5.74, 6) is -0.317. The summed E-state index contributed by atoms with van der Waals surface area (Å²) < 4.78 is 43.5. The fourth-order valence-corrected chi connectivity index (χ4v) is 3.21. The maximum Gasteiger partial charge on any atom is 0.240 e. The standard InChI is InChI=1S/C19H23FN2O4S/c1-14-4-7-17(12-15(14)2)22(27(3,24)25)13-19(23)21-10-11-26-18-8-5-16(20)6-9-18/h4-9,12H,10-11,13H2,1-3H3,(H,21,23). The van der Waals surface area contributed by atoms with Crippen LogP contribution in [-0.2, 0) is 14.8 Å². The van der Waals surface area contributed by atoms with E-state index in [1.807, 2.05) is 19.9 Å². The van der Waals surface area contributed by atoms with E-state index in [-0.39, 0.29) is 25.5 Å². The molecule has 0 saturated heterocycles. The van der Waals surface area contributed by atoms with Gasteiger partial charge in [-0.1, -0.05) is 6.07 Å². The number of carbonyl (C=O) groups excluding carboxylic acids is 1. The molecule has 0 aliphatic carbocycles. The molecule has 0 radical (unpaired) electrons.